The van der Waals surface area contributed by atoms with Gasteiger partial charge in [0, 0.05) is 29.7 Å². The molecule has 14 heavy (non-hydrogen) atoms. The van der Waals surface area contributed by atoms with Crippen LogP contribution in [0.15, 0.2) is 18.2 Å². The highest BCUT2D eigenvalue weighted by molar-refractivity contribution is 7.99. The van der Waals surface area contributed by atoms with Gasteiger partial charge >= 0.3 is 0 Å². The first-order chi connectivity index (χ1) is 6.77. The van der Waals surface area contributed by atoms with Crippen LogP contribution in [0.4, 0.5) is 8.78 Å². The summed E-state index contributed by atoms with van der Waals surface area (Å²) in [5, 5.41) is 3.18. The summed E-state index contributed by atoms with van der Waals surface area (Å²) in [7, 11) is 0. The minimum absolute atomic E-state index is 0.0514. The van der Waals surface area contributed by atoms with Gasteiger partial charge in [-0.15, -0.1) is 0 Å². The highest BCUT2D eigenvalue weighted by atomic mass is 32.2. The van der Waals surface area contributed by atoms with Gasteiger partial charge in [0.2, 0.25) is 0 Å². The van der Waals surface area contributed by atoms with E-state index in [9.17, 15) is 8.78 Å². The van der Waals surface area contributed by atoms with E-state index in [1.54, 1.807) is 11.8 Å². The normalized spacial score (nSPS) is 22.3. The maximum absolute atomic E-state index is 13.3. The van der Waals surface area contributed by atoms with Crippen LogP contribution in [0, 0.1) is 11.6 Å². The van der Waals surface area contributed by atoms with Crippen LogP contribution >= 0.6 is 11.8 Å². The van der Waals surface area contributed by atoms with Gasteiger partial charge in [-0.3, -0.25) is 0 Å². The van der Waals surface area contributed by atoms with E-state index in [-0.39, 0.29) is 17.7 Å². The zero-order valence-corrected chi connectivity index (χ0v) is 8.41. The molecule has 0 spiro atoms. The maximum atomic E-state index is 13.3. The van der Waals surface area contributed by atoms with Crippen LogP contribution in [-0.4, -0.2) is 18.1 Å². The average Bonchev–Trinajstić information content (AvgIpc) is 2.23. The molecule has 2 rings (SSSR count). The summed E-state index contributed by atoms with van der Waals surface area (Å²) < 4.78 is 26.2. The quantitative estimate of drug-likeness (QED) is 0.771. The Morgan fingerprint density at radius 3 is 2.93 bits per heavy atom. The Labute approximate surface area is 85.9 Å². The molecule has 1 fully saturated rings. The van der Waals surface area contributed by atoms with E-state index in [4.69, 9.17) is 0 Å². The van der Waals surface area contributed by atoms with Crippen LogP contribution in [0.3, 0.4) is 0 Å². The summed E-state index contributed by atoms with van der Waals surface area (Å²) in [6, 6.07) is 3.56. The van der Waals surface area contributed by atoms with Crippen molar-refractivity contribution in [2.24, 2.45) is 0 Å². The second-order valence-electron chi connectivity index (χ2n) is 3.25. The van der Waals surface area contributed by atoms with Crippen molar-refractivity contribution in [3.8, 4) is 0 Å². The summed E-state index contributed by atoms with van der Waals surface area (Å²) in [6.07, 6.45) is 0. The predicted octanol–water partition coefficient (Wildman–Crippen LogP) is 2.34. The largest absolute Gasteiger partial charge is 0.308 e. The third kappa shape index (κ3) is 2.07. The molecule has 1 N–H and O–H groups in total. The lowest BCUT2D eigenvalue weighted by Gasteiger charge is -2.23. The van der Waals surface area contributed by atoms with E-state index in [2.05, 4.69) is 5.32 Å². The maximum Gasteiger partial charge on any atom is 0.128 e. The van der Waals surface area contributed by atoms with Gasteiger partial charge in [-0.25, -0.2) is 8.78 Å². The lowest BCUT2D eigenvalue weighted by molar-refractivity contribution is 0.528. The third-order valence-corrected chi connectivity index (χ3v) is 3.32. The van der Waals surface area contributed by atoms with Gasteiger partial charge in [-0.2, -0.15) is 11.8 Å². The zero-order chi connectivity index (χ0) is 9.97. The van der Waals surface area contributed by atoms with E-state index in [0.29, 0.717) is 5.56 Å². The van der Waals surface area contributed by atoms with E-state index in [0.717, 1.165) is 24.1 Å². The number of thioether (sulfide) groups is 1. The molecule has 1 aromatic carbocycles. The van der Waals surface area contributed by atoms with Gasteiger partial charge in [0.25, 0.3) is 0 Å². The summed E-state index contributed by atoms with van der Waals surface area (Å²) >= 11 is 1.76. The zero-order valence-electron chi connectivity index (χ0n) is 7.59. The first-order valence-electron chi connectivity index (χ1n) is 4.53. The van der Waals surface area contributed by atoms with Crippen LogP contribution in [-0.2, 0) is 0 Å². The van der Waals surface area contributed by atoms with E-state index in [1.807, 2.05) is 0 Å². The number of hydrogen-bond donors (Lipinski definition) is 1. The van der Waals surface area contributed by atoms with Gasteiger partial charge in [-0.1, -0.05) is 0 Å². The predicted molar refractivity (Wildman–Crippen MR) is 54.4 cm³/mol. The Balaban J connectivity index is 2.24. The van der Waals surface area contributed by atoms with Crippen molar-refractivity contribution >= 4 is 11.8 Å². The molecule has 4 heteroatoms. The summed E-state index contributed by atoms with van der Waals surface area (Å²) in [4.78, 5) is 0. The Morgan fingerprint density at radius 2 is 2.21 bits per heavy atom. The van der Waals surface area contributed by atoms with Gasteiger partial charge in [0.1, 0.15) is 11.6 Å². The monoisotopic (exact) mass is 215 g/mol. The number of rotatable bonds is 1. The van der Waals surface area contributed by atoms with Crippen LogP contribution in [0.1, 0.15) is 11.6 Å². The second kappa shape index (κ2) is 4.28. The van der Waals surface area contributed by atoms with Crippen LogP contribution in [0.25, 0.3) is 0 Å². The van der Waals surface area contributed by atoms with Crippen LogP contribution in [0.2, 0.25) is 0 Å². The molecular formula is C10H11F2NS. The third-order valence-electron chi connectivity index (χ3n) is 2.26. The van der Waals surface area contributed by atoms with Crippen molar-refractivity contribution < 1.29 is 8.78 Å². The van der Waals surface area contributed by atoms with E-state index >= 15 is 0 Å². The molecule has 1 saturated heterocycles. The highest BCUT2D eigenvalue weighted by Crippen LogP contribution is 2.24. The fraction of sp³-hybridized carbons (Fsp3) is 0.400. The molecule has 1 nitrogen and oxygen atoms in total. The molecule has 1 aromatic rings. The van der Waals surface area contributed by atoms with Gasteiger partial charge in [0.05, 0.1) is 0 Å². The van der Waals surface area contributed by atoms with Crippen molar-refractivity contribution in [3.63, 3.8) is 0 Å². The van der Waals surface area contributed by atoms with Crippen LogP contribution in [0.5, 0.6) is 0 Å². The molecule has 0 unspecified atom stereocenters. The molecule has 0 bridgehead atoms. The molecule has 0 saturated carbocycles. The van der Waals surface area contributed by atoms with Gasteiger partial charge in [0.15, 0.2) is 0 Å². The molecule has 0 radical (unpaired) electrons. The SMILES string of the molecule is Fc1ccc(F)c([C@@H]2CSCCN2)c1. The standard InChI is InChI=1S/C10H11F2NS/c11-7-1-2-9(12)8(5-7)10-6-14-4-3-13-10/h1-2,5,10,13H,3-4,6H2/t10-/m0/s1. The van der Waals surface area contributed by atoms with Crippen molar-refractivity contribution in [2.45, 2.75) is 6.04 Å². The number of nitrogens with one attached hydrogen (secondary N) is 1. The molecule has 76 valence electrons. The molecular weight excluding hydrogens is 204 g/mol. The van der Waals surface area contributed by atoms with Crippen LogP contribution < -0.4 is 5.32 Å². The molecule has 1 atom stereocenters. The second-order valence-corrected chi connectivity index (χ2v) is 4.40. The lowest BCUT2D eigenvalue weighted by Crippen LogP contribution is -2.30. The molecule has 1 aliphatic rings. The van der Waals surface area contributed by atoms with E-state index < -0.39 is 0 Å². The minimum atomic E-state index is -0.376. The first-order valence-corrected chi connectivity index (χ1v) is 5.69. The number of halogens is 2. The smallest absolute Gasteiger partial charge is 0.128 e. The Morgan fingerprint density at radius 1 is 1.36 bits per heavy atom. The van der Waals surface area contributed by atoms with Crippen molar-refractivity contribution in [1.82, 2.24) is 5.32 Å². The summed E-state index contributed by atoms with van der Waals surface area (Å²) in [5.74, 6) is 1.14. The van der Waals surface area contributed by atoms with Gasteiger partial charge in [-0.05, 0) is 18.2 Å². The first kappa shape index (κ1) is 9.93. The molecule has 1 heterocycles. The van der Waals surface area contributed by atoms with Crippen molar-refractivity contribution in [2.75, 3.05) is 18.1 Å². The Hall–Kier alpha value is -0.610. The minimum Gasteiger partial charge on any atom is -0.308 e. The molecule has 1 aliphatic heterocycles. The lowest BCUT2D eigenvalue weighted by atomic mass is 10.1. The fourth-order valence-corrected chi connectivity index (χ4v) is 2.51. The molecule has 0 aliphatic carbocycles. The summed E-state index contributed by atoms with van der Waals surface area (Å²) in [6.45, 7) is 0.852. The molecule has 0 aromatic heterocycles. The average molecular weight is 215 g/mol. The van der Waals surface area contributed by atoms with Crippen molar-refractivity contribution in [1.29, 1.82) is 0 Å². The number of benzene rings is 1. The van der Waals surface area contributed by atoms with Crippen molar-refractivity contribution in [3.05, 3.63) is 35.4 Å². The Kier molecular flexibility index (Phi) is 3.03. The topological polar surface area (TPSA) is 12.0 Å². The van der Waals surface area contributed by atoms with E-state index in [1.165, 1.54) is 12.1 Å². The molecule has 0 amide bonds. The highest BCUT2D eigenvalue weighted by Gasteiger charge is 2.18. The number of hydrogen-bond acceptors (Lipinski definition) is 2. The fourth-order valence-electron chi connectivity index (χ4n) is 1.55. The Bertz CT molecular complexity index is 324. The summed E-state index contributed by atoms with van der Waals surface area (Å²) in [5.41, 5.74) is 0.442. The van der Waals surface area contributed by atoms with Gasteiger partial charge < -0.3 is 5.32 Å².